The van der Waals surface area contributed by atoms with E-state index in [-0.39, 0.29) is 29.7 Å². The van der Waals surface area contributed by atoms with Gasteiger partial charge >= 0.3 is 17.9 Å². The lowest BCUT2D eigenvalue weighted by Gasteiger charge is -2.30. The molecule has 0 saturated heterocycles. The molecule has 0 aromatic carbocycles. The van der Waals surface area contributed by atoms with Crippen LogP contribution in [0.3, 0.4) is 0 Å². The zero-order valence-electron chi connectivity index (χ0n) is 21.1. The van der Waals surface area contributed by atoms with Crippen LogP contribution in [0.5, 0.6) is 0 Å². The molecule has 0 spiro atoms. The van der Waals surface area contributed by atoms with Gasteiger partial charge in [-0.3, -0.25) is 14.4 Å². The number of hydrogen-bond acceptors (Lipinski definition) is 6. The summed E-state index contributed by atoms with van der Waals surface area (Å²) in [5, 5.41) is 0. The van der Waals surface area contributed by atoms with Crippen molar-refractivity contribution in [1.29, 1.82) is 0 Å². The van der Waals surface area contributed by atoms with Crippen molar-refractivity contribution < 1.29 is 28.6 Å². The van der Waals surface area contributed by atoms with E-state index in [9.17, 15) is 14.4 Å². The quantitative estimate of drug-likeness (QED) is 0.325. The lowest BCUT2D eigenvalue weighted by Crippen LogP contribution is -2.34. The third-order valence-corrected chi connectivity index (χ3v) is 5.70. The van der Waals surface area contributed by atoms with E-state index < -0.39 is 16.8 Å². The van der Waals surface area contributed by atoms with Gasteiger partial charge in [0.15, 0.2) is 0 Å². The Morgan fingerprint density at radius 1 is 0.903 bits per heavy atom. The molecule has 180 valence electrons. The monoisotopic (exact) mass is 440 g/mol. The van der Waals surface area contributed by atoms with Gasteiger partial charge in [0.2, 0.25) is 0 Å². The zero-order valence-corrected chi connectivity index (χ0v) is 21.1. The van der Waals surface area contributed by atoms with Crippen LogP contribution in [0.25, 0.3) is 0 Å². The summed E-state index contributed by atoms with van der Waals surface area (Å²) in [6.45, 7) is 16.9. The van der Waals surface area contributed by atoms with Crippen LogP contribution in [0.2, 0.25) is 0 Å². The Kier molecular flexibility index (Phi) is 9.58. The van der Waals surface area contributed by atoms with Gasteiger partial charge in [-0.1, -0.05) is 13.8 Å². The molecule has 6 nitrogen and oxygen atoms in total. The van der Waals surface area contributed by atoms with E-state index in [0.717, 1.165) is 25.7 Å². The summed E-state index contributed by atoms with van der Waals surface area (Å²) in [4.78, 5) is 36.5. The van der Waals surface area contributed by atoms with E-state index >= 15 is 0 Å². The fourth-order valence-corrected chi connectivity index (χ4v) is 4.08. The minimum atomic E-state index is -0.600. The van der Waals surface area contributed by atoms with Crippen molar-refractivity contribution >= 4 is 17.9 Å². The molecule has 1 rings (SSSR count). The van der Waals surface area contributed by atoms with Gasteiger partial charge in [-0.15, -0.1) is 0 Å². The van der Waals surface area contributed by atoms with E-state index in [4.69, 9.17) is 14.2 Å². The van der Waals surface area contributed by atoms with Crippen molar-refractivity contribution in [1.82, 2.24) is 0 Å². The van der Waals surface area contributed by atoms with Gasteiger partial charge in [-0.2, -0.15) is 0 Å². The summed E-state index contributed by atoms with van der Waals surface area (Å²) in [5.41, 5.74) is -1.66. The second kappa shape index (κ2) is 10.8. The molecule has 6 heteroatoms. The van der Waals surface area contributed by atoms with Gasteiger partial charge in [0.25, 0.3) is 0 Å². The summed E-state index contributed by atoms with van der Waals surface area (Å²) in [5.74, 6) is -0.598. The molecule has 1 aliphatic carbocycles. The molecule has 3 atom stereocenters. The molecule has 0 aromatic heterocycles. The summed E-state index contributed by atoms with van der Waals surface area (Å²) in [7, 11) is 0. The molecule has 0 heterocycles. The second-order valence-corrected chi connectivity index (χ2v) is 11.3. The summed E-state index contributed by atoms with van der Waals surface area (Å²) >= 11 is 0. The van der Waals surface area contributed by atoms with Crippen LogP contribution in [-0.4, -0.2) is 34.7 Å². The normalized spacial score (nSPS) is 20.8. The third-order valence-electron chi connectivity index (χ3n) is 5.70. The predicted octanol–water partition coefficient (Wildman–Crippen LogP) is 5.60. The Morgan fingerprint density at radius 2 is 1.52 bits per heavy atom. The Hall–Kier alpha value is -1.59. The molecule has 0 amide bonds. The number of esters is 3. The summed E-state index contributed by atoms with van der Waals surface area (Å²) in [6.07, 6.45) is 4.79. The van der Waals surface area contributed by atoms with Gasteiger partial charge in [-0.05, 0) is 92.9 Å². The van der Waals surface area contributed by atoms with E-state index in [1.807, 2.05) is 55.4 Å². The third kappa shape index (κ3) is 10.5. The maximum atomic E-state index is 12.7. The molecule has 31 heavy (non-hydrogen) atoms. The van der Waals surface area contributed by atoms with E-state index in [1.165, 1.54) is 0 Å². The van der Waals surface area contributed by atoms with E-state index in [1.54, 1.807) is 6.92 Å². The SMILES string of the molecule is CCC(=O)OC(C)(C)CCC(C)C(=O)OC(C)(C)CC1CCC(C(=O)OC(C)(C)C)C1. The molecular formula is C25H44O6. The highest BCUT2D eigenvalue weighted by Crippen LogP contribution is 2.38. The minimum Gasteiger partial charge on any atom is -0.460 e. The molecule has 0 N–H and O–H groups in total. The highest BCUT2D eigenvalue weighted by Gasteiger charge is 2.37. The smallest absolute Gasteiger partial charge is 0.309 e. The van der Waals surface area contributed by atoms with Crippen LogP contribution in [0.1, 0.15) is 107 Å². The zero-order chi connectivity index (χ0) is 24.0. The fourth-order valence-electron chi connectivity index (χ4n) is 4.08. The van der Waals surface area contributed by atoms with Crippen molar-refractivity contribution in [2.75, 3.05) is 0 Å². The maximum absolute atomic E-state index is 12.7. The van der Waals surface area contributed by atoms with Gasteiger partial charge in [0.05, 0.1) is 11.8 Å². The van der Waals surface area contributed by atoms with Crippen molar-refractivity contribution in [2.24, 2.45) is 17.8 Å². The summed E-state index contributed by atoms with van der Waals surface area (Å²) in [6, 6.07) is 0. The van der Waals surface area contributed by atoms with Crippen LogP contribution >= 0.6 is 0 Å². The van der Waals surface area contributed by atoms with Gasteiger partial charge in [-0.25, -0.2) is 0 Å². The average Bonchev–Trinajstić information content (AvgIpc) is 3.05. The standard InChI is InChI=1S/C25H44O6/c1-10-20(26)29-24(6,7)14-13-17(2)21(27)31-25(8,9)16-18-11-12-19(15-18)22(28)30-23(3,4)5/h17-19H,10-16H2,1-9H3. The molecule has 0 aromatic rings. The topological polar surface area (TPSA) is 78.9 Å². The predicted molar refractivity (Wildman–Crippen MR) is 120 cm³/mol. The highest BCUT2D eigenvalue weighted by molar-refractivity contribution is 5.73. The lowest BCUT2D eigenvalue weighted by atomic mass is 9.90. The van der Waals surface area contributed by atoms with Gasteiger partial charge in [0.1, 0.15) is 16.8 Å². The molecular weight excluding hydrogens is 396 g/mol. The highest BCUT2D eigenvalue weighted by atomic mass is 16.6. The molecule has 3 unspecified atom stereocenters. The first-order valence-corrected chi connectivity index (χ1v) is 11.7. The van der Waals surface area contributed by atoms with Crippen molar-refractivity contribution in [3.63, 3.8) is 0 Å². The first kappa shape index (κ1) is 27.4. The first-order chi connectivity index (χ1) is 14.0. The average molecular weight is 441 g/mol. The molecule has 0 bridgehead atoms. The second-order valence-electron chi connectivity index (χ2n) is 11.3. The molecule has 1 aliphatic rings. The number of ether oxygens (including phenoxy) is 3. The number of rotatable bonds is 10. The Labute approximate surface area is 188 Å². The number of carbonyl (C=O) groups excluding carboxylic acids is 3. The van der Waals surface area contributed by atoms with Crippen LogP contribution in [0.4, 0.5) is 0 Å². The number of hydrogen-bond donors (Lipinski definition) is 0. The van der Waals surface area contributed by atoms with E-state index in [2.05, 4.69) is 0 Å². The molecule has 1 saturated carbocycles. The fraction of sp³-hybridized carbons (Fsp3) is 0.880. The van der Waals surface area contributed by atoms with E-state index in [0.29, 0.717) is 25.2 Å². The molecule has 0 aliphatic heterocycles. The van der Waals surface area contributed by atoms with Crippen LogP contribution in [-0.2, 0) is 28.6 Å². The molecule has 0 radical (unpaired) electrons. The largest absolute Gasteiger partial charge is 0.460 e. The van der Waals surface area contributed by atoms with Gasteiger partial charge in [0, 0.05) is 6.42 Å². The van der Waals surface area contributed by atoms with Crippen LogP contribution < -0.4 is 0 Å². The lowest BCUT2D eigenvalue weighted by molar-refractivity contribution is -0.165. The van der Waals surface area contributed by atoms with Crippen molar-refractivity contribution in [3.8, 4) is 0 Å². The Bertz CT molecular complexity index is 628. The van der Waals surface area contributed by atoms with Crippen LogP contribution in [0, 0.1) is 17.8 Å². The maximum Gasteiger partial charge on any atom is 0.309 e. The number of carbonyl (C=O) groups is 3. The first-order valence-electron chi connectivity index (χ1n) is 11.7. The molecule has 1 fully saturated rings. The van der Waals surface area contributed by atoms with Gasteiger partial charge < -0.3 is 14.2 Å². The Morgan fingerprint density at radius 3 is 2.06 bits per heavy atom. The Balaban J connectivity index is 2.50. The minimum absolute atomic E-state index is 0.0669. The van der Waals surface area contributed by atoms with Crippen molar-refractivity contribution in [3.05, 3.63) is 0 Å². The van der Waals surface area contributed by atoms with Crippen molar-refractivity contribution in [2.45, 2.75) is 124 Å². The van der Waals surface area contributed by atoms with Crippen LogP contribution in [0.15, 0.2) is 0 Å². The summed E-state index contributed by atoms with van der Waals surface area (Å²) < 4.78 is 16.8.